The lowest BCUT2D eigenvalue weighted by Crippen LogP contribution is -2.41. The van der Waals surface area contributed by atoms with Crippen LogP contribution in [0, 0.1) is 0 Å². The van der Waals surface area contributed by atoms with E-state index in [4.69, 9.17) is 9.31 Å². The number of rotatable bonds is 4. The van der Waals surface area contributed by atoms with Gasteiger partial charge in [0.05, 0.1) is 23.6 Å². The van der Waals surface area contributed by atoms with E-state index in [0.29, 0.717) is 12.4 Å². The maximum atomic E-state index is 9.24. The summed E-state index contributed by atoms with van der Waals surface area (Å²) >= 11 is 0. The van der Waals surface area contributed by atoms with E-state index in [1.807, 2.05) is 40.8 Å². The SMILES string of the molecule is CNCC(=Cc1ncc(O)cn1)B1OC(C)(C)C(C)(C)O1. The van der Waals surface area contributed by atoms with Gasteiger partial charge in [-0.2, -0.15) is 0 Å². The van der Waals surface area contributed by atoms with Crippen molar-refractivity contribution in [1.82, 2.24) is 15.3 Å². The molecule has 1 aromatic heterocycles. The van der Waals surface area contributed by atoms with Crippen LogP contribution in [-0.4, -0.2) is 47.0 Å². The van der Waals surface area contributed by atoms with Gasteiger partial charge in [-0.3, -0.25) is 0 Å². The Morgan fingerprint density at radius 3 is 2.24 bits per heavy atom. The molecule has 2 heterocycles. The molecule has 0 aromatic carbocycles. The minimum absolute atomic E-state index is 0.0398. The molecule has 7 heteroatoms. The van der Waals surface area contributed by atoms with Crippen LogP contribution in [0.1, 0.15) is 33.5 Å². The van der Waals surface area contributed by atoms with Gasteiger partial charge in [-0.25, -0.2) is 9.97 Å². The molecular formula is C14H22BN3O3. The average molecular weight is 291 g/mol. The van der Waals surface area contributed by atoms with Crippen molar-refractivity contribution in [3.63, 3.8) is 0 Å². The van der Waals surface area contributed by atoms with Crippen molar-refractivity contribution in [1.29, 1.82) is 0 Å². The Morgan fingerprint density at radius 1 is 1.24 bits per heavy atom. The molecule has 0 atom stereocenters. The predicted molar refractivity (Wildman–Crippen MR) is 81.7 cm³/mol. The minimum atomic E-state index is -0.445. The zero-order valence-corrected chi connectivity index (χ0v) is 13.2. The molecule has 114 valence electrons. The zero-order valence-electron chi connectivity index (χ0n) is 13.2. The van der Waals surface area contributed by atoms with Crippen LogP contribution in [-0.2, 0) is 9.31 Å². The first-order valence-electron chi connectivity index (χ1n) is 6.97. The van der Waals surface area contributed by atoms with Crippen molar-refractivity contribution in [2.24, 2.45) is 0 Å². The second kappa shape index (κ2) is 5.75. The molecule has 6 nitrogen and oxygen atoms in total. The lowest BCUT2D eigenvalue weighted by Gasteiger charge is -2.32. The average Bonchev–Trinajstić information content (AvgIpc) is 2.60. The molecule has 21 heavy (non-hydrogen) atoms. The highest BCUT2D eigenvalue weighted by atomic mass is 16.7. The molecule has 0 aliphatic carbocycles. The van der Waals surface area contributed by atoms with E-state index in [1.54, 1.807) is 0 Å². The topological polar surface area (TPSA) is 76.5 Å². The molecule has 1 aliphatic rings. The van der Waals surface area contributed by atoms with Crippen LogP contribution in [0.5, 0.6) is 5.75 Å². The molecule has 0 amide bonds. The van der Waals surface area contributed by atoms with E-state index >= 15 is 0 Å². The predicted octanol–water partition coefficient (Wildman–Crippen LogP) is 1.42. The molecule has 0 spiro atoms. The standard InChI is InChI=1S/C14H22BN3O3/c1-13(2)14(3,4)21-15(20-13)10(7-16-5)6-12-17-8-11(19)9-18-12/h6,8-9,16,19H,7H2,1-5H3. The van der Waals surface area contributed by atoms with E-state index in [-0.39, 0.29) is 17.0 Å². The van der Waals surface area contributed by atoms with Crippen LogP contribution < -0.4 is 5.32 Å². The van der Waals surface area contributed by atoms with E-state index in [2.05, 4.69) is 15.3 Å². The first-order chi connectivity index (χ1) is 9.75. The number of aromatic nitrogens is 2. The lowest BCUT2D eigenvalue weighted by atomic mass is 9.77. The molecular weight excluding hydrogens is 269 g/mol. The largest absolute Gasteiger partial charge is 0.505 e. The summed E-state index contributed by atoms with van der Waals surface area (Å²) in [5, 5.41) is 12.3. The van der Waals surface area contributed by atoms with Gasteiger partial charge >= 0.3 is 7.12 Å². The number of hydrogen-bond acceptors (Lipinski definition) is 6. The second-order valence-electron chi connectivity index (χ2n) is 6.14. The summed E-state index contributed by atoms with van der Waals surface area (Å²) in [6.45, 7) is 8.66. The van der Waals surface area contributed by atoms with Gasteiger partial charge in [0.25, 0.3) is 0 Å². The fraction of sp³-hybridized carbons (Fsp3) is 0.571. The van der Waals surface area contributed by atoms with Crippen LogP contribution in [0.15, 0.2) is 17.9 Å². The van der Waals surface area contributed by atoms with Gasteiger partial charge in [0, 0.05) is 6.54 Å². The fourth-order valence-corrected chi connectivity index (χ4v) is 1.97. The maximum absolute atomic E-state index is 9.24. The van der Waals surface area contributed by atoms with Crippen molar-refractivity contribution < 1.29 is 14.4 Å². The third-order valence-electron chi connectivity index (χ3n) is 3.91. The number of aromatic hydroxyl groups is 1. The Bertz CT molecular complexity index is 513. The summed E-state index contributed by atoms with van der Waals surface area (Å²) in [5.74, 6) is 0.547. The molecule has 1 aliphatic heterocycles. The number of nitrogens with one attached hydrogen (secondary N) is 1. The van der Waals surface area contributed by atoms with Crippen LogP contribution >= 0.6 is 0 Å². The quantitative estimate of drug-likeness (QED) is 0.817. The van der Waals surface area contributed by atoms with E-state index in [9.17, 15) is 5.11 Å². The summed E-state index contributed by atoms with van der Waals surface area (Å²) < 4.78 is 12.1. The molecule has 0 saturated carbocycles. The molecule has 0 radical (unpaired) electrons. The number of likely N-dealkylation sites (N-methyl/N-ethyl adjacent to an activating group) is 1. The zero-order chi connectivity index (χ0) is 15.7. The molecule has 0 unspecified atom stereocenters. The van der Waals surface area contributed by atoms with Gasteiger partial charge in [0.15, 0.2) is 11.6 Å². The summed E-state index contributed by atoms with van der Waals surface area (Å²) in [4.78, 5) is 8.14. The van der Waals surface area contributed by atoms with Gasteiger partial charge in [0.1, 0.15) is 0 Å². The Kier molecular flexibility index (Phi) is 4.36. The maximum Gasteiger partial charge on any atom is 0.492 e. The Balaban J connectivity index is 2.26. The molecule has 2 N–H and O–H groups in total. The first-order valence-corrected chi connectivity index (χ1v) is 6.97. The van der Waals surface area contributed by atoms with E-state index in [0.717, 1.165) is 5.47 Å². The van der Waals surface area contributed by atoms with Crippen molar-refractivity contribution in [3.8, 4) is 5.75 Å². The van der Waals surface area contributed by atoms with E-state index in [1.165, 1.54) is 12.4 Å². The van der Waals surface area contributed by atoms with Gasteiger partial charge in [0.2, 0.25) is 0 Å². The van der Waals surface area contributed by atoms with Crippen molar-refractivity contribution in [2.75, 3.05) is 13.6 Å². The number of hydrogen-bond donors (Lipinski definition) is 2. The first kappa shape index (κ1) is 15.9. The monoisotopic (exact) mass is 291 g/mol. The fourth-order valence-electron chi connectivity index (χ4n) is 1.97. The van der Waals surface area contributed by atoms with Gasteiger partial charge in [-0.1, -0.05) is 0 Å². The molecule has 1 saturated heterocycles. The van der Waals surface area contributed by atoms with Crippen molar-refractivity contribution in [3.05, 3.63) is 23.7 Å². The van der Waals surface area contributed by atoms with Crippen molar-refractivity contribution in [2.45, 2.75) is 38.9 Å². The highest BCUT2D eigenvalue weighted by Crippen LogP contribution is 2.38. The van der Waals surface area contributed by atoms with Crippen LogP contribution in [0.4, 0.5) is 0 Å². The van der Waals surface area contributed by atoms with Gasteiger partial charge in [-0.15, -0.1) is 0 Å². The Morgan fingerprint density at radius 2 is 1.76 bits per heavy atom. The lowest BCUT2D eigenvalue weighted by molar-refractivity contribution is 0.00578. The summed E-state index contributed by atoms with van der Waals surface area (Å²) in [6, 6.07) is 0. The smallest absolute Gasteiger partial charge is 0.492 e. The summed E-state index contributed by atoms with van der Waals surface area (Å²) in [7, 11) is 1.41. The van der Waals surface area contributed by atoms with Crippen molar-refractivity contribution >= 4 is 13.2 Å². The van der Waals surface area contributed by atoms with Crippen LogP contribution in [0.2, 0.25) is 0 Å². The molecule has 1 fully saturated rings. The molecule has 2 rings (SSSR count). The molecule has 1 aromatic rings. The summed E-state index contributed by atoms with van der Waals surface area (Å²) in [6.07, 6.45) is 4.54. The van der Waals surface area contributed by atoms with Gasteiger partial charge < -0.3 is 19.7 Å². The Hall–Kier alpha value is -1.44. The number of nitrogens with zero attached hydrogens (tertiary/aromatic N) is 2. The third kappa shape index (κ3) is 3.43. The van der Waals surface area contributed by atoms with Gasteiger partial charge in [-0.05, 0) is 46.3 Å². The van der Waals surface area contributed by atoms with E-state index < -0.39 is 7.12 Å². The van der Waals surface area contributed by atoms with Crippen LogP contribution in [0.25, 0.3) is 6.08 Å². The second-order valence-corrected chi connectivity index (χ2v) is 6.14. The normalized spacial score (nSPS) is 20.8. The third-order valence-corrected chi connectivity index (χ3v) is 3.91. The minimum Gasteiger partial charge on any atom is -0.505 e. The highest BCUT2D eigenvalue weighted by Gasteiger charge is 2.52. The highest BCUT2D eigenvalue weighted by molar-refractivity contribution is 6.55. The summed E-state index contributed by atoms with van der Waals surface area (Å²) in [5.41, 5.74) is 0.127. The Labute approximate surface area is 125 Å². The molecule has 0 bridgehead atoms. The van der Waals surface area contributed by atoms with Crippen LogP contribution in [0.3, 0.4) is 0 Å².